The summed E-state index contributed by atoms with van der Waals surface area (Å²) in [6, 6.07) is 5.01. The summed E-state index contributed by atoms with van der Waals surface area (Å²) in [5.41, 5.74) is 4.45. The lowest BCUT2D eigenvalue weighted by Crippen LogP contribution is -2.30. The van der Waals surface area contributed by atoms with E-state index in [0.29, 0.717) is 37.6 Å². The van der Waals surface area contributed by atoms with Crippen LogP contribution in [0, 0.1) is 23.7 Å². The van der Waals surface area contributed by atoms with Gasteiger partial charge in [-0.1, -0.05) is 37.3 Å². The molecule has 1 aromatic carbocycles. The summed E-state index contributed by atoms with van der Waals surface area (Å²) in [5, 5.41) is 26.8. The minimum Gasteiger partial charge on any atom is -0.504 e. The number of carbonyl (C=O) groups is 2. The van der Waals surface area contributed by atoms with E-state index in [1.807, 2.05) is 0 Å². The van der Waals surface area contributed by atoms with Crippen LogP contribution in [0.25, 0.3) is 0 Å². The van der Waals surface area contributed by atoms with Gasteiger partial charge in [0.15, 0.2) is 11.5 Å². The van der Waals surface area contributed by atoms with E-state index in [-0.39, 0.29) is 36.9 Å². The van der Waals surface area contributed by atoms with E-state index in [0.717, 1.165) is 37.1 Å². The number of hydrogen-bond acceptors (Lipinski definition) is 8. The average Bonchev–Trinajstić information content (AvgIpc) is 3.46. The summed E-state index contributed by atoms with van der Waals surface area (Å²) < 4.78 is 11.0. The molecular weight excluding hydrogens is 570 g/mol. The number of Topliss-reactive ketones (excluding diaryl/α,β-unsaturated/α-hetero) is 1. The summed E-state index contributed by atoms with van der Waals surface area (Å²) in [6.07, 6.45) is 12.9. The number of aromatic hydroxyl groups is 1. The molecule has 2 aliphatic rings. The van der Waals surface area contributed by atoms with Crippen molar-refractivity contribution in [1.82, 2.24) is 15.6 Å². The Morgan fingerprint density at radius 1 is 1.09 bits per heavy atom. The van der Waals surface area contributed by atoms with E-state index in [2.05, 4.69) is 58.9 Å². The monoisotopic (exact) mass is 617 g/mol. The summed E-state index contributed by atoms with van der Waals surface area (Å²) in [7, 11) is 1.48. The van der Waals surface area contributed by atoms with E-state index >= 15 is 0 Å². The van der Waals surface area contributed by atoms with Crippen LogP contribution in [0.1, 0.15) is 75.0 Å². The highest BCUT2D eigenvalue weighted by Gasteiger charge is 2.24. The number of carbonyl (C=O) groups excluding carboxylic acids is 2. The van der Waals surface area contributed by atoms with Crippen LogP contribution in [0.15, 0.2) is 54.1 Å². The van der Waals surface area contributed by atoms with Gasteiger partial charge >= 0.3 is 5.97 Å². The standard InChI is InChI=1S/C36H47N3O6/c1-4-25-7-9-33(45-24(2)41)21-32(42)18-26(27-8-10-34(43)35(19-27)44-3)6-5-13-38-36-20-28(11-14-39-36)29(12-15-40)17-31-23-37-22-30(31)16-25/h8,10-11,19-20,22-23,25-26,29,33,37-40,43H,4,7,9,12-18,21H2,1-3H3. The second-order valence-corrected chi connectivity index (χ2v) is 12.0. The van der Waals surface area contributed by atoms with Crippen molar-refractivity contribution in [2.75, 3.05) is 26.8 Å². The number of aromatic nitrogens is 1. The highest BCUT2D eigenvalue weighted by molar-refractivity contribution is 5.80. The number of phenols is 1. The normalized spacial score (nSPS) is 23.1. The number of allylic oxidation sites excluding steroid dienone is 2. The van der Waals surface area contributed by atoms with Gasteiger partial charge in [-0.2, -0.15) is 0 Å². The third-order valence-corrected chi connectivity index (χ3v) is 8.74. The molecule has 242 valence electrons. The van der Waals surface area contributed by atoms with Gasteiger partial charge in [-0.25, -0.2) is 0 Å². The Kier molecular flexibility index (Phi) is 12.6. The third kappa shape index (κ3) is 9.92. The zero-order valence-electron chi connectivity index (χ0n) is 26.7. The lowest BCUT2D eigenvalue weighted by molar-refractivity contribution is -0.148. The van der Waals surface area contributed by atoms with Crippen LogP contribution in [-0.2, 0) is 27.2 Å². The Balaban J connectivity index is 1.66. The third-order valence-electron chi connectivity index (χ3n) is 8.74. The zero-order valence-corrected chi connectivity index (χ0v) is 26.7. The number of rotatable bonds is 6. The topological polar surface area (TPSA) is 133 Å². The van der Waals surface area contributed by atoms with Gasteiger partial charge in [0.25, 0.3) is 0 Å². The first-order chi connectivity index (χ1) is 21.8. The number of benzene rings is 1. The van der Waals surface area contributed by atoms with Crippen LogP contribution in [0.2, 0.25) is 0 Å². The summed E-state index contributed by atoms with van der Waals surface area (Å²) in [4.78, 5) is 28.8. The molecule has 4 atom stereocenters. The number of aliphatic hydroxyl groups excluding tert-OH is 1. The molecule has 5 N–H and O–H groups in total. The fourth-order valence-corrected chi connectivity index (χ4v) is 6.23. The molecule has 1 aromatic heterocycles. The Bertz CT molecular complexity index is 1430. The van der Waals surface area contributed by atoms with E-state index in [4.69, 9.17) is 9.47 Å². The zero-order chi connectivity index (χ0) is 32.2. The lowest BCUT2D eigenvalue weighted by atomic mass is 9.85. The number of phenolic OH excluding ortho intramolecular Hbond substituents is 1. The molecule has 0 aliphatic carbocycles. The number of dihydropyridines is 1. The molecular formula is C36H47N3O6. The Morgan fingerprint density at radius 3 is 2.62 bits per heavy atom. The van der Waals surface area contributed by atoms with Gasteiger partial charge in [-0.15, -0.1) is 0 Å². The van der Waals surface area contributed by atoms with Gasteiger partial charge in [0.2, 0.25) is 0 Å². The first kappa shape index (κ1) is 33.7. The minimum atomic E-state index is -0.511. The van der Waals surface area contributed by atoms with Crippen LogP contribution >= 0.6 is 0 Å². The molecule has 9 nitrogen and oxygen atoms in total. The van der Waals surface area contributed by atoms with Crippen LogP contribution < -0.4 is 15.4 Å². The van der Waals surface area contributed by atoms with Crippen LogP contribution in [0.4, 0.5) is 0 Å². The van der Waals surface area contributed by atoms with Crippen LogP contribution in [0.3, 0.4) is 0 Å². The predicted molar refractivity (Wildman–Crippen MR) is 174 cm³/mol. The molecule has 0 fully saturated rings. The molecule has 2 bridgehead atoms. The Labute approximate surface area is 266 Å². The number of methoxy groups -OCH3 is 1. The number of H-pyrrole nitrogens is 1. The molecule has 2 aliphatic heterocycles. The molecule has 9 heteroatoms. The molecule has 4 rings (SSSR count). The van der Waals surface area contributed by atoms with Crippen LogP contribution in [0.5, 0.6) is 11.5 Å². The maximum absolute atomic E-state index is 13.5. The van der Waals surface area contributed by atoms with E-state index in [1.165, 1.54) is 30.7 Å². The largest absolute Gasteiger partial charge is 0.504 e. The fraction of sp³-hybridized carbons (Fsp3) is 0.500. The Hall–Kier alpha value is -4.16. The molecule has 3 heterocycles. The maximum atomic E-state index is 13.5. The number of aromatic amines is 1. The molecule has 0 saturated heterocycles. The SMILES string of the molecule is CCC1CCC(OC(C)=O)CC(=O)CC(c2ccc(O)c(OC)c2)C#CCNC2=CC(=CCN2)C(CCO)Cc2c[nH]cc2C1. The molecule has 0 amide bonds. The van der Waals surface area contributed by atoms with Gasteiger partial charge in [0.05, 0.1) is 25.4 Å². The second kappa shape index (κ2) is 16.8. The smallest absolute Gasteiger partial charge is 0.302 e. The first-order valence-electron chi connectivity index (χ1n) is 16.0. The van der Waals surface area contributed by atoms with Crippen molar-refractivity contribution in [3.8, 4) is 23.3 Å². The van der Waals surface area contributed by atoms with Gasteiger partial charge in [0.1, 0.15) is 11.9 Å². The number of esters is 1. The number of fused-ring (bicyclic) bond motifs is 2. The minimum absolute atomic E-state index is 0.0138. The van der Waals surface area contributed by atoms with Gasteiger partial charge in [-0.3, -0.25) is 9.59 Å². The maximum Gasteiger partial charge on any atom is 0.302 e. The number of aliphatic hydroxyl groups is 1. The molecule has 4 unspecified atom stereocenters. The predicted octanol–water partition coefficient (Wildman–Crippen LogP) is 4.66. The number of ketones is 1. The van der Waals surface area contributed by atoms with E-state index in [1.54, 1.807) is 18.2 Å². The van der Waals surface area contributed by atoms with Crippen molar-refractivity contribution in [1.29, 1.82) is 0 Å². The van der Waals surface area contributed by atoms with E-state index in [9.17, 15) is 19.8 Å². The molecule has 0 saturated carbocycles. The number of nitrogens with one attached hydrogen (secondary N) is 3. The van der Waals surface area contributed by atoms with Crippen molar-refractivity contribution in [2.45, 2.75) is 77.2 Å². The quantitative estimate of drug-likeness (QED) is 0.234. The second-order valence-electron chi connectivity index (χ2n) is 12.0. The van der Waals surface area contributed by atoms with Crippen molar-refractivity contribution >= 4 is 11.8 Å². The average molecular weight is 618 g/mol. The summed E-state index contributed by atoms with van der Waals surface area (Å²) in [6.45, 7) is 4.69. The van der Waals surface area contributed by atoms with E-state index < -0.39 is 18.0 Å². The van der Waals surface area contributed by atoms with Crippen molar-refractivity contribution < 1.29 is 29.3 Å². The van der Waals surface area contributed by atoms with Gasteiger partial charge in [-0.05, 0) is 84.4 Å². The molecule has 2 aromatic rings. The van der Waals surface area contributed by atoms with Crippen molar-refractivity contribution in [3.63, 3.8) is 0 Å². The van der Waals surface area contributed by atoms with Crippen molar-refractivity contribution in [3.05, 3.63) is 70.8 Å². The molecule has 0 spiro atoms. The number of hydrogen-bond donors (Lipinski definition) is 5. The van der Waals surface area contributed by atoms with Gasteiger partial charge < -0.3 is 35.3 Å². The Morgan fingerprint density at radius 2 is 1.89 bits per heavy atom. The fourth-order valence-electron chi connectivity index (χ4n) is 6.23. The molecule has 45 heavy (non-hydrogen) atoms. The van der Waals surface area contributed by atoms with Gasteiger partial charge in [0, 0.05) is 45.3 Å². The lowest BCUT2D eigenvalue weighted by Gasteiger charge is -2.24. The summed E-state index contributed by atoms with van der Waals surface area (Å²) >= 11 is 0. The highest BCUT2D eigenvalue weighted by Crippen LogP contribution is 2.32. The van der Waals surface area contributed by atoms with Crippen LogP contribution in [-0.4, -0.2) is 59.9 Å². The first-order valence-corrected chi connectivity index (χ1v) is 16.0. The summed E-state index contributed by atoms with van der Waals surface area (Å²) in [5.74, 6) is 7.27. The van der Waals surface area contributed by atoms with Crippen molar-refractivity contribution in [2.24, 2.45) is 11.8 Å². The highest BCUT2D eigenvalue weighted by atomic mass is 16.5. The number of ether oxygens (including phenoxy) is 2. The molecule has 0 radical (unpaired) electrons.